The number of benzene rings is 1. The molecule has 0 aromatic heterocycles. The molecule has 3 N–H and O–H groups in total. The summed E-state index contributed by atoms with van der Waals surface area (Å²) in [6, 6.07) is 2.62. The van der Waals surface area contributed by atoms with Crippen molar-refractivity contribution >= 4 is 24.0 Å². The number of hydrogen-bond donors (Lipinski definition) is 2. The van der Waals surface area contributed by atoms with E-state index in [1.54, 1.807) is 0 Å². The summed E-state index contributed by atoms with van der Waals surface area (Å²) in [6.45, 7) is 2.26. The first kappa shape index (κ1) is 19.3. The molecule has 0 aliphatic rings. The van der Waals surface area contributed by atoms with Crippen molar-refractivity contribution in [1.82, 2.24) is 5.32 Å². The molecule has 0 heterocycles. The van der Waals surface area contributed by atoms with E-state index < -0.39 is 22.3 Å². The van der Waals surface area contributed by atoms with Gasteiger partial charge in [0.2, 0.25) is 0 Å². The molecular formula is C13H19ClFN3O3. The highest BCUT2D eigenvalue weighted by Crippen LogP contribution is 2.19. The standard InChI is InChI=1S/C13H18FN3O3.ClH/c1-2-3-4-10(8-15)16-13(18)11-6-5-9(14)7-12(11)17(19)20;/h5-7,10H,2-4,8,15H2,1H3,(H,16,18);1H. The number of nitrogens with zero attached hydrogens (tertiary/aromatic N) is 1. The van der Waals surface area contributed by atoms with E-state index in [2.05, 4.69) is 5.32 Å². The molecule has 0 aliphatic heterocycles. The number of rotatable bonds is 7. The summed E-state index contributed by atoms with van der Waals surface area (Å²) >= 11 is 0. The summed E-state index contributed by atoms with van der Waals surface area (Å²) in [5.41, 5.74) is 4.85. The first-order valence-corrected chi connectivity index (χ1v) is 6.44. The molecule has 1 aromatic carbocycles. The summed E-state index contributed by atoms with van der Waals surface area (Å²) in [7, 11) is 0. The Morgan fingerprint density at radius 2 is 2.19 bits per heavy atom. The Morgan fingerprint density at radius 1 is 1.52 bits per heavy atom. The average molecular weight is 320 g/mol. The molecule has 0 saturated heterocycles. The van der Waals surface area contributed by atoms with Gasteiger partial charge in [0.25, 0.3) is 11.6 Å². The maximum atomic E-state index is 13.0. The minimum atomic E-state index is -0.776. The zero-order valence-electron chi connectivity index (χ0n) is 11.7. The van der Waals surface area contributed by atoms with Crippen LogP contribution in [0.25, 0.3) is 0 Å². The average Bonchev–Trinajstić information content (AvgIpc) is 2.42. The first-order valence-electron chi connectivity index (χ1n) is 6.44. The van der Waals surface area contributed by atoms with Gasteiger partial charge >= 0.3 is 0 Å². The fraction of sp³-hybridized carbons (Fsp3) is 0.462. The molecule has 21 heavy (non-hydrogen) atoms. The number of nitro benzene ring substituents is 1. The van der Waals surface area contributed by atoms with Crippen LogP contribution in [0.3, 0.4) is 0 Å². The summed E-state index contributed by atoms with van der Waals surface area (Å²) in [6.07, 6.45) is 2.56. The third-order valence-electron chi connectivity index (χ3n) is 2.93. The van der Waals surface area contributed by atoms with Crippen molar-refractivity contribution < 1.29 is 14.1 Å². The van der Waals surface area contributed by atoms with Crippen molar-refractivity contribution in [2.75, 3.05) is 6.54 Å². The summed E-state index contributed by atoms with van der Waals surface area (Å²) < 4.78 is 13.0. The number of halogens is 2. The quantitative estimate of drug-likeness (QED) is 0.595. The van der Waals surface area contributed by atoms with Crippen LogP contribution >= 0.6 is 12.4 Å². The monoisotopic (exact) mass is 319 g/mol. The van der Waals surface area contributed by atoms with E-state index in [0.29, 0.717) is 6.42 Å². The number of nitrogens with two attached hydrogens (primary N) is 1. The molecule has 1 aromatic rings. The Hall–Kier alpha value is -1.73. The number of hydrogen-bond acceptors (Lipinski definition) is 4. The summed E-state index contributed by atoms with van der Waals surface area (Å²) in [5.74, 6) is -1.36. The zero-order chi connectivity index (χ0) is 15.1. The van der Waals surface area contributed by atoms with Gasteiger partial charge in [0.15, 0.2) is 0 Å². The predicted molar refractivity (Wildman–Crippen MR) is 80.1 cm³/mol. The number of amides is 1. The van der Waals surface area contributed by atoms with Crippen molar-refractivity contribution in [3.63, 3.8) is 0 Å². The Bertz CT molecular complexity index is 500. The van der Waals surface area contributed by atoms with Crippen molar-refractivity contribution in [3.05, 3.63) is 39.7 Å². The van der Waals surface area contributed by atoms with E-state index in [4.69, 9.17) is 5.73 Å². The van der Waals surface area contributed by atoms with Crippen LogP contribution < -0.4 is 11.1 Å². The van der Waals surface area contributed by atoms with Crippen molar-refractivity contribution in [1.29, 1.82) is 0 Å². The van der Waals surface area contributed by atoms with Crippen molar-refractivity contribution in [2.45, 2.75) is 32.2 Å². The number of carbonyl (C=O) groups excluding carboxylic acids is 1. The van der Waals surface area contributed by atoms with E-state index in [1.807, 2.05) is 6.92 Å². The first-order chi connectivity index (χ1) is 9.49. The van der Waals surface area contributed by atoms with Gasteiger partial charge in [0.05, 0.1) is 11.0 Å². The summed E-state index contributed by atoms with van der Waals surface area (Å²) in [4.78, 5) is 22.1. The summed E-state index contributed by atoms with van der Waals surface area (Å²) in [5, 5.41) is 13.5. The van der Waals surface area contributed by atoms with Crippen LogP contribution in [0.15, 0.2) is 18.2 Å². The topological polar surface area (TPSA) is 98.3 Å². The molecule has 1 atom stereocenters. The second kappa shape index (κ2) is 9.25. The van der Waals surface area contributed by atoms with Gasteiger partial charge in [-0.3, -0.25) is 14.9 Å². The predicted octanol–water partition coefficient (Wildman–Crippen LogP) is 2.40. The second-order valence-electron chi connectivity index (χ2n) is 4.47. The van der Waals surface area contributed by atoms with Gasteiger partial charge in [-0.1, -0.05) is 19.8 Å². The van der Waals surface area contributed by atoms with Gasteiger partial charge in [0.1, 0.15) is 11.4 Å². The minimum Gasteiger partial charge on any atom is -0.348 e. The van der Waals surface area contributed by atoms with Crippen LogP contribution in [-0.4, -0.2) is 23.4 Å². The highest BCUT2D eigenvalue weighted by Gasteiger charge is 2.22. The molecule has 1 amide bonds. The molecule has 1 unspecified atom stereocenters. The van der Waals surface area contributed by atoms with Crippen LogP contribution in [0.5, 0.6) is 0 Å². The highest BCUT2D eigenvalue weighted by molar-refractivity contribution is 5.98. The third kappa shape index (κ3) is 5.65. The lowest BCUT2D eigenvalue weighted by Crippen LogP contribution is -2.40. The van der Waals surface area contributed by atoms with Crippen molar-refractivity contribution in [3.8, 4) is 0 Å². The Balaban J connectivity index is 0.00000400. The lowest BCUT2D eigenvalue weighted by atomic mass is 10.1. The van der Waals surface area contributed by atoms with Crippen molar-refractivity contribution in [2.24, 2.45) is 5.73 Å². The van der Waals surface area contributed by atoms with Crippen LogP contribution in [0, 0.1) is 15.9 Å². The lowest BCUT2D eigenvalue weighted by Gasteiger charge is -2.16. The van der Waals surface area contributed by atoms with Crippen LogP contribution in [0.4, 0.5) is 10.1 Å². The van der Waals surface area contributed by atoms with Gasteiger partial charge in [-0.25, -0.2) is 4.39 Å². The second-order valence-corrected chi connectivity index (χ2v) is 4.47. The maximum Gasteiger partial charge on any atom is 0.285 e. The molecule has 0 radical (unpaired) electrons. The number of nitro groups is 1. The van der Waals surface area contributed by atoms with E-state index in [9.17, 15) is 19.3 Å². The molecule has 0 aliphatic carbocycles. The molecule has 118 valence electrons. The number of carbonyl (C=O) groups is 1. The van der Waals surface area contributed by atoms with E-state index in [1.165, 1.54) is 0 Å². The van der Waals surface area contributed by atoms with E-state index in [-0.39, 0.29) is 30.6 Å². The van der Waals surface area contributed by atoms with Crippen LogP contribution in [-0.2, 0) is 0 Å². The molecule has 0 bridgehead atoms. The van der Waals surface area contributed by atoms with Gasteiger partial charge < -0.3 is 11.1 Å². The normalized spacial score (nSPS) is 11.4. The molecular weight excluding hydrogens is 301 g/mol. The zero-order valence-corrected chi connectivity index (χ0v) is 12.5. The van der Waals surface area contributed by atoms with Crippen LogP contribution in [0.1, 0.15) is 36.5 Å². The van der Waals surface area contributed by atoms with Gasteiger partial charge in [-0.2, -0.15) is 0 Å². The van der Waals surface area contributed by atoms with E-state index >= 15 is 0 Å². The minimum absolute atomic E-state index is 0. The fourth-order valence-corrected chi connectivity index (χ4v) is 1.81. The number of unbranched alkanes of at least 4 members (excludes halogenated alkanes) is 1. The smallest absolute Gasteiger partial charge is 0.285 e. The third-order valence-corrected chi connectivity index (χ3v) is 2.93. The molecule has 1 rings (SSSR count). The molecule has 6 nitrogen and oxygen atoms in total. The molecule has 0 spiro atoms. The lowest BCUT2D eigenvalue weighted by molar-refractivity contribution is -0.385. The Morgan fingerprint density at radius 3 is 2.71 bits per heavy atom. The molecule has 8 heteroatoms. The largest absolute Gasteiger partial charge is 0.348 e. The Labute approximate surface area is 128 Å². The van der Waals surface area contributed by atoms with Crippen LogP contribution in [0.2, 0.25) is 0 Å². The SMILES string of the molecule is CCCCC(CN)NC(=O)c1ccc(F)cc1[N+](=O)[O-].Cl. The Kier molecular flexibility index (Phi) is 8.49. The maximum absolute atomic E-state index is 13.0. The highest BCUT2D eigenvalue weighted by atomic mass is 35.5. The molecule has 0 saturated carbocycles. The van der Waals surface area contributed by atoms with Gasteiger partial charge in [0, 0.05) is 12.6 Å². The fourth-order valence-electron chi connectivity index (χ4n) is 1.81. The van der Waals surface area contributed by atoms with Gasteiger partial charge in [-0.15, -0.1) is 12.4 Å². The van der Waals surface area contributed by atoms with Gasteiger partial charge in [-0.05, 0) is 18.6 Å². The number of nitrogens with one attached hydrogen (secondary N) is 1. The van der Waals surface area contributed by atoms with E-state index in [0.717, 1.165) is 31.0 Å². The molecule has 0 fully saturated rings.